The number of rotatable bonds is 7. The smallest absolute Gasteiger partial charge is 0.325 e. The van der Waals surface area contributed by atoms with Gasteiger partial charge in [0.2, 0.25) is 5.91 Å². The Kier molecular flexibility index (Phi) is 6.79. The molecule has 1 aliphatic heterocycles. The van der Waals surface area contributed by atoms with Crippen LogP contribution < -0.4 is 19.2 Å². The minimum Gasteiger partial charge on any atom is -0.325 e. The second kappa shape index (κ2) is 10.5. The standard InChI is InChI=1S/C25H22F2N6O4S2/c1-32(19-4-5-22-20(13-19)29-14-38-22)24(34)21(11-15-9-17(26)12-18(27)10-15)30-25(35)31-39(36,37)33-8-6-16-3-2-7-28-23(16)33/h2-5,7,9-10,12-14,21H,6,8,11H2,1H3,(H2,30,31,35)/t21-/m0/s1/i14D. The summed E-state index contributed by atoms with van der Waals surface area (Å²) in [6.45, 7) is 0.0712. The molecule has 1 aliphatic rings. The molecule has 0 radical (unpaired) electrons. The highest BCUT2D eigenvalue weighted by Gasteiger charge is 2.33. The van der Waals surface area contributed by atoms with Crippen molar-refractivity contribution in [1.29, 1.82) is 0 Å². The molecule has 1 atom stereocenters. The molecule has 0 saturated heterocycles. The van der Waals surface area contributed by atoms with Gasteiger partial charge in [0.1, 0.15) is 23.5 Å². The second-order valence-corrected chi connectivity index (χ2v) is 11.2. The van der Waals surface area contributed by atoms with Crippen LogP contribution in [0.15, 0.2) is 60.2 Å². The number of hydrogen-bond donors (Lipinski definition) is 2. The molecule has 5 rings (SSSR count). The number of amides is 3. The maximum Gasteiger partial charge on any atom is 0.330 e. The molecule has 0 bridgehead atoms. The SMILES string of the molecule is [2H]c1nc2cc(N(C)C(=O)[C@H](Cc3cc(F)cc(F)c3)NC(=O)NS(=O)(=O)N3CCc4cccnc43)ccc2s1. The predicted molar refractivity (Wildman–Crippen MR) is 143 cm³/mol. The number of thiazole rings is 1. The Labute approximate surface area is 227 Å². The number of carbonyl (C=O) groups excluding carboxylic acids is 2. The molecule has 2 aromatic heterocycles. The Balaban J connectivity index is 1.39. The van der Waals surface area contributed by atoms with Gasteiger partial charge in [-0.05, 0) is 53.9 Å². The van der Waals surface area contributed by atoms with Crippen LogP contribution >= 0.6 is 11.3 Å². The first-order valence-corrected chi connectivity index (χ1v) is 13.9. The van der Waals surface area contributed by atoms with Crippen molar-refractivity contribution in [2.45, 2.75) is 18.9 Å². The number of hydrogen-bond acceptors (Lipinski definition) is 7. The van der Waals surface area contributed by atoms with Crippen molar-refractivity contribution >= 4 is 55.2 Å². The number of benzene rings is 2. The summed E-state index contributed by atoms with van der Waals surface area (Å²) in [5.41, 5.74) is 1.74. The van der Waals surface area contributed by atoms with Crippen molar-refractivity contribution in [3.8, 4) is 0 Å². The lowest BCUT2D eigenvalue weighted by Crippen LogP contribution is -2.54. The number of halogens is 2. The Hall–Kier alpha value is -4.17. The van der Waals surface area contributed by atoms with E-state index in [0.29, 0.717) is 29.3 Å². The molecular weight excluding hydrogens is 550 g/mol. The zero-order valence-corrected chi connectivity index (χ0v) is 22.0. The normalized spacial score (nSPS) is 14.0. The van der Waals surface area contributed by atoms with Crippen LogP contribution in [0.2, 0.25) is 0 Å². The monoisotopic (exact) mass is 573 g/mol. The van der Waals surface area contributed by atoms with Gasteiger partial charge in [-0.3, -0.25) is 4.79 Å². The van der Waals surface area contributed by atoms with Crippen molar-refractivity contribution in [1.82, 2.24) is 20.0 Å². The Morgan fingerprint density at radius 3 is 2.72 bits per heavy atom. The van der Waals surface area contributed by atoms with E-state index in [-0.39, 0.29) is 29.8 Å². The van der Waals surface area contributed by atoms with Crippen LogP contribution in [0.3, 0.4) is 0 Å². The van der Waals surface area contributed by atoms with E-state index in [1.165, 1.54) is 18.1 Å². The molecule has 10 nitrogen and oxygen atoms in total. The number of fused-ring (bicyclic) bond motifs is 2. The molecule has 4 aromatic rings. The molecule has 0 saturated carbocycles. The topological polar surface area (TPSA) is 125 Å². The van der Waals surface area contributed by atoms with Crippen molar-refractivity contribution in [3.63, 3.8) is 0 Å². The third-order valence-electron chi connectivity index (χ3n) is 6.15. The summed E-state index contributed by atoms with van der Waals surface area (Å²) in [7, 11) is -2.96. The number of aromatic nitrogens is 2. The fourth-order valence-corrected chi connectivity index (χ4v) is 6.02. The fraction of sp³-hybridized carbons (Fsp3) is 0.200. The number of carbonyl (C=O) groups is 2. The molecule has 39 heavy (non-hydrogen) atoms. The summed E-state index contributed by atoms with van der Waals surface area (Å²) in [5.74, 6) is -2.24. The van der Waals surface area contributed by atoms with Gasteiger partial charge in [0, 0.05) is 38.0 Å². The molecule has 14 heteroatoms. The van der Waals surface area contributed by atoms with Crippen LogP contribution in [0.1, 0.15) is 12.5 Å². The first-order chi connectivity index (χ1) is 19.0. The van der Waals surface area contributed by atoms with Crippen LogP contribution in [0.4, 0.5) is 25.1 Å². The lowest BCUT2D eigenvalue weighted by Gasteiger charge is -2.26. The third kappa shape index (κ3) is 5.66. The Morgan fingerprint density at radius 2 is 1.95 bits per heavy atom. The highest BCUT2D eigenvalue weighted by atomic mass is 32.2. The highest BCUT2D eigenvalue weighted by molar-refractivity contribution is 7.91. The average molecular weight is 574 g/mol. The number of likely N-dealkylation sites (N-methyl/N-ethyl adjacent to an activating group) is 1. The minimum atomic E-state index is -4.39. The Morgan fingerprint density at radius 1 is 1.18 bits per heavy atom. The molecular formula is C25H22F2N6O4S2. The van der Waals surface area contributed by atoms with Gasteiger partial charge in [0.15, 0.2) is 0 Å². The summed E-state index contributed by atoms with van der Waals surface area (Å²) < 4.78 is 65.1. The van der Waals surface area contributed by atoms with Crippen molar-refractivity contribution in [2.75, 3.05) is 22.8 Å². The van der Waals surface area contributed by atoms with Crippen LogP contribution in [0.25, 0.3) is 10.2 Å². The van der Waals surface area contributed by atoms with Gasteiger partial charge in [-0.1, -0.05) is 6.07 Å². The first kappa shape index (κ1) is 25.1. The number of nitrogens with one attached hydrogen (secondary N) is 2. The lowest BCUT2D eigenvalue weighted by molar-refractivity contribution is -0.120. The molecule has 0 spiro atoms. The van der Waals surface area contributed by atoms with Gasteiger partial charge in [-0.15, -0.1) is 11.3 Å². The van der Waals surface area contributed by atoms with Crippen LogP contribution in [-0.2, 0) is 27.8 Å². The van der Waals surface area contributed by atoms with Gasteiger partial charge in [-0.2, -0.15) is 8.42 Å². The molecule has 0 unspecified atom stereocenters. The largest absolute Gasteiger partial charge is 0.330 e. The van der Waals surface area contributed by atoms with Crippen LogP contribution in [0.5, 0.6) is 0 Å². The van der Waals surface area contributed by atoms with E-state index in [1.54, 1.807) is 30.3 Å². The minimum absolute atomic E-state index is 0.0684. The van der Waals surface area contributed by atoms with Gasteiger partial charge in [0.05, 0.1) is 17.1 Å². The maximum absolute atomic E-state index is 13.9. The van der Waals surface area contributed by atoms with Crippen molar-refractivity contribution in [3.05, 3.63) is 83.0 Å². The number of anilines is 2. The number of nitrogens with zero attached hydrogens (tertiary/aromatic N) is 4. The number of urea groups is 1. The zero-order chi connectivity index (χ0) is 28.6. The van der Waals surface area contributed by atoms with E-state index >= 15 is 0 Å². The molecule has 0 aliphatic carbocycles. The van der Waals surface area contributed by atoms with E-state index in [2.05, 4.69) is 15.3 Å². The van der Waals surface area contributed by atoms with Crippen molar-refractivity contribution in [2.24, 2.45) is 0 Å². The summed E-state index contributed by atoms with van der Waals surface area (Å²) >= 11 is 1.16. The third-order valence-corrected chi connectivity index (χ3v) is 8.27. The van der Waals surface area contributed by atoms with Gasteiger partial charge in [0.25, 0.3) is 0 Å². The fourth-order valence-electron chi connectivity index (χ4n) is 4.31. The van der Waals surface area contributed by atoms with Crippen molar-refractivity contribution < 1.29 is 28.2 Å². The Bertz CT molecular complexity index is 1720. The van der Waals surface area contributed by atoms with Crippen LogP contribution in [-0.4, -0.2) is 50.0 Å². The van der Waals surface area contributed by atoms with E-state index in [1.807, 2.05) is 4.72 Å². The van der Waals surface area contributed by atoms with Gasteiger partial charge >= 0.3 is 16.2 Å². The average Bonchev–Trinajstić information content (AvgIpc) is 3.49. The maximum atomic E-state index is 13.9. The zero-order valence-electron chi connectivity index (χ0n) is 21.4. The van der Waals surface area contributed by atoms with Gasteiger partial charge in [-0.25, -0.2) is 32.6 Å². The highest BCUT2D eigenvalue weighted by Crippen LogP contribution is 2.27. The molecule has 2 aromatic carbocycles. The summed E-state index contributed by atoms with van der Waals surface area (Å²) in [6.07, 6.45) is 1.51. The summed E-state index contributed by atoms with van der Waals surface area (Å²) in [5, 5.41) is 2.34. The quantitative estimate of drug-likeness (QED) is 0.350. The first-order valence-electron chi connectivity index (χ1n) is 12.1. The molecule has 3 amide bonds. The van der Waals surface area contributed by atoms with E-state index in [9.17, 15) is 26.8 Å². The molecule has 0 fully saturated rings. The molecule has 2 N–H and O–H groups in total. The number of pyridine rings is 1. The summed E-state index contributed by atoms with van der Waals surface area (Å²) in [4.78, 5) is 35.8. The predicted octanol–water partition coefficient (Wildman–Crippen LogP) is 3.15. The molecule has 3 heterocycles. The second-order valence-electron chi connectivity index (χ2n) is 8.78. The van der Waals surface area contributed by atoms with E-state index in [4.69, 9.17) is 1.37 Å². The lowest BCUT2D eigenvalue weighted by atomic mass is 10.0. The summed E-state index contributed by atoms with van der Waals surface area (Å²) in [6, 6.07) is 8.39. The molecule has 202 valence electrons. The van der Waals surface area contributed by atoms with E-state index < -0.39 is 39.8 Å². The van der Waals surface area contributed by atoms with E-state index in [0.717, 1.165) is 32.5 Å². The van der Waals surface area contributed by atoms with Crippen LogP contribution in [0, 0.1) is 11.6 Å². The van der Waals surface area contributed by atoms with Gasteiger partial charge < -0.3 is 10.2 Å².